The molecule has 1 atom stereocenters. The lowest BCUT2D eigenvalue weighted by Gasteiger charge is -2.05. The second-order valence-electron chi connectivity index (χ2n) is 2.46. The maximum Gasteiger partial charge on any atom is 0.129 e. The number of hydrogen-bond acceptors (Lipinski definition) is 3. The molecule has 1 heterocycles. The molecule has 0 amide bonds. The van der Waals surface area contributed by atoms with Gasteiger partial charge in [-0.1, -0.05) is 6.92 Å². The Bertz CT molecular complexity index is 145. The summed E-state index contributed by atoms with van der Waals surface area (Å²) in [5.41, 5.74) is 3.99. The van der Waals surface area contributed by atoms with E-state index in [1.807, 2.05) is 6.92 Å². The third-order valence-electron chi connectivity index (χ3n) is 1.60. The van der Waals surface area contributed by atoms with Crippen molar-refractivity contribution in [2.24, 2.45) is 0 Å². The SMILES string of the molecule is CCOCC1C=C(CC)NO1. The fourth-order valence-electron chi connectivity index (χ4n) is 0.950. The third-order valence-corrected chi connectivity index (χ3v) is 1.60. The van der Waals surface area contributed by atoms with E-state index in [0.717, 1.165) is 18.7 Å². The highest BCUT2D eigenvalue weighted by Crippen LogP contribution is 2.09. The van der Waals surface area contributed by atoms with Gasteiger partial charge >= 0.3 is 0 Å². The van der Waals surface area contributed by atoms with Gasteiger partial charge in [0.05, 0.1) is 6.61 Å². The summed E-state index contributed by atoms with van der Waals surface area (Å²) in [6.45, 7) is 5.46. The molecule has 3 nitrogen and oxygen atoms in total. The van der Waals surface area contributed by atoms with Gasteiger partial charge < -0.3 is 4.74 Å². The lowest BCUT2D eigenvalue weighted by Crippen LogP contribution is -2.17. The van der Waals surface area contributed by atoms with Gasteiger partial charge in [-0.15, -0.1) is 0 Å². The Morgan fingerprint density at radius 1 is 1.64 bits per heavy atom. The maximum absolute atomic E-state index is 5.20. The Morgan fingerprint density at radius 2 is 2.45 bits per heavy atom. The molecule has 1 rings (SSSR count). The zero-order chi connectivity index (χ0) is 8.10. The molecular formula is C8H15NO2. The molecule has 1 aliphatic heterocycles. The van der Waals surface area contributed by atoms with E-state index >= 15 is 0 Å². The monoisotopic (exact) mass is 157 g/mol. The van der Waals surface area contributed by atoms with Crippen molar-refractivity contribution in [1.29, 1.82) is 0 Å². The normalized spacial score (nSPS) is 23.1. The summed E-state index contributed by atoms with van der Waals surface area (Å²) in [6.07, 6.45) is 3.16. The van der Waals surface area contributed by atoms with Gasteiger partial charge in [-0.25, -0.2) is 0 Å². The van der Waals surface area contributed by atoms with Gasteiger partial charge in [-0.2, -0.15) is 0 Å². The quantitative estimate of drug-likeness (QED) is 0.665. The van der Waals surface area contributed by atoms with Gasteiger partial charge in [-0.05, 0) is 19.4 Å². The van der Waals surface area contributed by atoms with Crippen molar-refractivity contribution in [2.45, 2.75) is 26.4 Å². The highest BCUT2D eigenvalue weighted by atomic mass is 16.7. The van der Waals surface area contributed by atoms with Crippen LogP contribution >= 0.6 is 0 Å². The number of hydrogen-bond donors (Lipinski definition) is 1. The predicted molar refractivity (Wildman–Crippen MR) is 42.9 cm³/mol. The third kappa shape index (κ3) is 2.52. The molecule has 0 saturated carbocycles. The van der Waals surface area contributed by atoms with Gasteiger partial charge in [0.2, 0.25) is 0 Å². The molecule has 0 fully saturated rings. The molecule has 0 aromatic rings. The van der Waals surface area contributed by atoms with E-state index in [0.29, 0.717) is 6.61 Å². The van der Waals surface area contributed by atoms with Gasteiger partial charge in [0, 0.05) is 12.3 Å². The zero-order valence-electron chi connectivity index (χ0n) is 7.09. The van der Waals surface area contributed by atoms with Crippen LogP contribution < -0.4 is 5.48 Å². The van der Waals surface area contributed by atoms with Crippen LogP contribution in [0.2, 0.25) is 0 Å². The molecule has 1 unspecified atom stereocenters. The number of hydroxylamine groups is 1. The van der Waals surface area contributed by atoms with Crippen molar-refractivity contribution in [3.8, 4) is 0 Å². The Kier molecular flexibility index (Phi) is 3.39. The average molecular weight is 157 g/mol. The van der Waals surface area contributed by atoms with Crippen molar-refractivity contribution in [1.82, 2.24) is 5.48 Å². The zero-order valence-corrected chi connectivity index (χ0v) is 7.09. The summed E-state index contributed by atoms with van der Waals surface area (Å²) in [6, 6.07) is 0. The van der Waals surface area contributed by atoms with Gasteiger partial charge in [-0.3, -0.25) is 10.3 Å². The number of allylic oxidation sites excluding steroid dienone is 1. The fraction of sp³-hybridized carbons (Fsp3) is 0.750. The van der Waals surface area contributed by atoms with Crippen LogP contribution in [0.15, 0.2) is 11.8 Å². The van der Waals surface area contributed by atoms with Crippen LogP contribution in [0.1, 0.15) is 20.3 Å². The van der Waals surface area contributed by atoms with Crippen molar-refractivity contribution in [2.75, 3.05) is 13.2 Å². The molecule has 0 spiro atoms. The van der Waals surface area contributed by atoms with Crippen molar-refractivity contribution >= 4 is 0 Å². The van der Waals surface area contributed by atoms with Crippen LogP contribution in [0.3, 0.4) is 0 Å². The minimum absolute atomic E-state index is 0.102. The van der Waals surface area contributed by atoms with E-state index in [1.165, 1.54) is 0 Å². The topological polar surface area (TPSA) is 30.5 Å². The van der Waals surface area contributed by atoms with E-state index in [4.69, 9.17) is 9.57 Å². The van der Waals surface area contributed by atoms with E-state index in [2.05, 4.69) is 18.5 Å². The van der Waals surface area contributed by atoms with E-state index in [-0.39, 0.29) is 6.10 Å². The molecule has 11 heavy (non-hydrogen) atoms. The van der Waals surface area contributed by atoms with Crippen molar-refractivity contribution < 1.29 is 9.57 Å². The van der Waals surface area contributed by atoms with Gasteiger partial charge in [0.15, 0.2) is 0 Å². The molecular weight excluding hydrogens is 142 g/mol. The molecule has 0 bridgehead atoms. The van der Waals surface area contributed by atoms with Crippen molar-refractivity contribution in [3.05, 3.63) is 11.8 Å². The second kappa shape index (κ2) is 4.36. The number of rotatable bonds is 4. The highest BCUT2D eigenvalue weighted by Gasteiger charge is 2.14. The molecule has 0 saturated heterocycles. The van der Waals surface area contributed by atoms with E-state index in [1.54, 1.807) is 0 Å². The van der Waals surface area contributed by atoms with E-state index < -0.39 is 0 Å². The number of ether oxygens (including phenoxy) is 1. The molecule has 3 heteroatoms. The lowest BCUT2D eigenvalue weighted by molar-refractivity contribution is -0.0126. The minimum Gasteiger partial charge on any atom is -0.379 e. The lowest BCUT2D eigenvalue weighted by atomic mass is 10.3. The molecule has 0 aliphatic carbocycles. The first kappa shape index (κ1) is 8.56. The van der Waals surface area contributed by atoms with Crippen LogP contribution in [0.25, 0.3) is 0 Å². The second-order valence-corrected chi connectivity index (χ2v) is 2.46. The molecule has 0 aromatic carbocycles. The summed E-state index contributed by atoms with van der Waals surface area (Å²) < 4.78 is 5.20. The first-order valence-electron chi connectivity index (χ1n) is 4.07. The fourth-order valence-corrected chi connectivity index (χ4v) is 0.950. The summed E-state index contributed by atoms with van der Waals surface area (Å²) in [5, 5.41) is 0. The summed E-state index contributed by atoms with van der Waals surface area (Å²) in [5.74, 6) is 0. The molecule has 1 N–H and O–H groups in total. The standard InChI is InChI=1S/C8H15NO2/c1-3-7-5-8(11-9-7)6-10-4-2/h5,8-9H,3-4,6H2,1-2H3. The Morgan fingerprint density at radius 3 is 3.00 bits per heavy atom. The first-order valence-corrected chi connectivity index (χ1v) is 4.07. The van der Waals surface area contributed by atoms with Crippen LogP contribution in [0.5, 0.6) is 0 Å². The van der Waals surface area contributed by atoms with Gasteiger partial charge in [0.25, 0.3) is 0 Å². The largest absolute Gasteiger partial charge is 0.379 e. The predicted octanol–water partition coefficient (Wildman–Crippen LogP) is 1.22. The van der Waals surface area contributed by atoms with Crippen LogP contribution in [-0.2, 0) is 9.57 Å². The van der Waals surface area contributed by atoms with E-state index in [9.17, 15) is 0 Å². The summed E-state index contributed by atoms with van der Waals surface area (Å²) in [7, 11) is 0. The van der Waals surface area contributed by atoms with Crippen LogP contribution in [0, 0.1) is 0 Å². The number of nitrogens with one attached hydrogen (secondary N) is 1. The first-order chi connectivity index (χ1) is 5.36. The van der Waals surface area contributed by atoms with Crippen LogP contribution in [-0.4, -0.2) is 19.3 Å². The molecule has 1 aliphatic rings. The smallest absolute Gasteiger partial charge is 0.129 e. The van der Waals surface area contributed by atoms with Gasteiger partial charge in [0.1, 0.15) is 6.10 Å². The summed E-state index contributed by atoms with van der Waals surface area (Å²) in [4.78, 5) is 5.19. The highest BCUT2D eigenvalue weighted by molar-refractivity contribution is 5.05. The Balaban J connectivity index is 2.22. The molecule has 64 valence electrons. The average Bonchev–Trinajstić information content (AvgIpc) is 2.48. The maximum atomic E-state index is 5.20. The summed E-state index contributed by atoms with van der Waals surface area (Å²) >= 11 is 0. The molecule has 0 aromatic heterocycles. The molecule has 0 radical (unpaired) electrons. The Labute approximate surface area is 67.3 Å². The van der Waals surface area contributed by atoms with Crippen LogP contribution in [0.4, 0.5) is 0 Å². The Hall–Kier alpha value is -0.540. The van der Waals surface area contributed by atoms with Crippen molar-refractivity contribution in [3.63, 3.8) is 0 Å². The minimum atomic E-state index is 0.102.